The van der Waals surface area contributed by atoms with Crippen LogP contribution >= 0.6 is 0 Å². The lowest BCUT2D eigenvalue weighted by Gasteiger charge is -2.38. The van der Waals surface area contributed by atoms with Gasteiger partial charge < -0.3 is 15.0 Å². The summed E-state index contributed by atoms with van der Waals surface area (Å²) in [4.78, 5) is 37.3. The maximum atomic E-state index is 12.0. The molecule has 1 fully saturated rings. The fraction of sp³-hybridized carbons (Fsp3) is 0.333. The number of aromatic nitrogens is 3. The Kier molecular flexibility index (Phi) is 5.26. The molecule has 0 radical (unpaired) electrons. The molecule has 0 saturated carbocycles. The van der Waals surface area contributed by atoms with Crippen LogP contribution in [0.4, 0.5) is 0 Å². The third-order valence-electron chi connectivity index (χ3n) is 5.04. The molecule has 8 heteroatoms. The van der Waals surface area contributed by atoms with E-state index in [1.54, 1.807) is 25.4 Å². The van der Waals surface area contributed by atoms with Gasteiger partial charge in [0, 0.05) is 38.4 Å². The molecule has 0 aromatic carbocycles. The Balaban J connectivity index is 1.33. The highest BCUT2D eigenvalue weighted by molar-refractivity contribution is 5.91. The molecule has 0 bridgehead atoms. The topological polar surface area (TPSA) is 100 Å². The summed E-state index contributed by atoms with van der Waals surface area (Å²) in [7, 11) is 1.57. The molecule has 1 saturated heterocycles. The Bertz CT molecular complexity index is 1090. The number of ether oxygens (including phenoxy) is 1. The Morgan fingerprint density at radius 3 is 2.79 bits per heavy atom. The molecule has 0 aliphatic carbocycles. The molecule has 29 heavy (non-hydrogen) atoms. The van der Waals surface area contributed by atoms with Gasteiger partial charge in [0.2, 0.25) is 0 Å². The molecule has 1 aliphatic rings. The smallest absolute Gasteiger partial charge is 0.269 e. The number of pyridine rings is 3. The van der Waals surface area contributed by atoms with Crippen molar-refractivity contribution in [2.45, 2.75) is 26.0 Å². The summed E-state index contributed by atoms with van der Waals surface area (Å²) in [6.07, 6.45) is 4.20. The number of amides is 1. The minimum Gasteiger partial charge on any atom is -0.486 e. The Morgan fingerprint density at radius 1 is 1.28 bits per heavy atom. The highest BCUT2D eigenvalue weighted by atomic mass is 16.5. The van der Waals surface area contributed by atoms with E-state index < -0.39 is 0 Å². The molecule has 8 nitrogen and oxygen atoms in total. The zero-order chi connectivity index (χ0) is 20.4. The predicted octanol–water partition coefficient (Wildman–Crippen LogP) is 1.50. The summed E-state index contributed by atoms with van der Waals surface area (Å²) in [5.74, 6) is 0.432. The monoisotopic (exact) mass is 393 g/mol. The van der Waals surface area contributed by atoms with Gasteiger partial charge in [0.05, 0.1) is 17.2 Å². The minimum absolute atomic E-state index is 0.0487. The summed E-state index contributed by atoms with van der Waals surface area (Å²) < 4.78 is 5.90. The molecule has 0 spiro atoms. The number of fused-ring (bicyclic) bond motifs is 1. The number of carbonyl (C=O) groups is 1. The van der Waals surface area contributed by atoms with Crippen LogP contribution in [0.1, 0.15) is 28.5 Å². The molecule has 4 rings (SSSR count). The molecule has 4 heterocycles. The minimum atomic E-state index is -0.220. The molecule has 0 atom stereocenters. The second kappa shape index (κ2) is 8.00. The summed E-state index contributed by atoms with van der Waals surface area (Å²) in [5.41, 5.74) is 3.68. The van der Waals surface area contributed by atoms with Gasteiger partial charge in [0.25, 0.3) is 11.5 Å². The van der Waals surface area contributed by atoms with E-state index in [0.717, 1.165) is 41.8 Å². The quantitative estimate of drug-likeness (QED) is 0.658. The summed E-state index contributed by atoms with van der Waals surface area (Å²) in [5, 5.41) is 2.54. The summed E-state index contributed by atoms with van der Waals surface area (Å²) in [6, 6.07) is 7.25. The van der Waals surface area contributed by atoms with Gasteiger partial charge in [-0.25, -0.2) is 4.98 Å². The molecule has 150 valence electrons. The van der Waals surface area contributed by atoms with E-state index in [1.807, 2.05) is 25.3 Å². The van der Waals surface area contributed by atoms with Crippen LogP contribution in [0.2, 0.25) is 0 Å². The number of carbonyl (C=O) groups excluding carboxylic acids is 1. The Hall–Kier alpha value is -3.26. The molecule has 3 aromatic heterocycles. The van der Waals surface area contributed by atoms with Crippen LogP contribution in [0.3, 0.4) is 0 Å². The molecular weight excluding hydrogens is 370 g/mol. The van der Waals surface area contributed by atoms with E-state index in [-0.39, 0.29) is 17.6 Å². The van der Waals surface area contributed by atoms with Gasteiger partial charge in [-0.05, 0) is 36.2 Å². The number of hydrogen-bond donors (Lipinski definition) is 2. The highest BCUT2D eigenvalue weighted by Crippen LogP contribution is 2.20. The Morgan fingerprint density at radius 2 is 2.10 bits per heavy atom. The van der Waals surface area contributed by atoms with Crippen molar-refractivity contribution in [2.75, 3.05) is 20.1 Å². The lowest BCUT2D eigenvalue weighted by Crippen LogP contribution is -2.53. The second-order valence-corrected chi connectivity index (χ2v) is 7.15. The summed E-state index contributed by atoms with van der Waals surface area (Å²) >= 11 is 0. The fourth-order valence-electron chi connectivity index (χ4n) is 3.41. The van der Waals surface area contributed by atoms with Crippen LogP contribution in [0, 0.1) is 0 Å². The first-order valence-corrected chi connectivity index (χ1v) is 9.63. The van der Waals surface area contributed by atoms with Crippen molar-refractivity contribution in [1.29, 1.82) is 0 Å². The van der Waals surface area contributed by atoms with Crippen LogP contribution in [0.15, 0.2) is 41.5 Å². The maximum absolute atomic E-state index is 12.0. The van der Waals surface area contributed by atoms with Crippen molar-refractivity contribution >= 4 is 16.9 Å². The molecule has 0 unspecified atom stereocenters. The van der Waals surface area contributed by atoms with Gasteiger partial charge in [-0.1, -0.05) is 6.92 Å². The van der Waals surface area contributed by atoms with Crippen LogP contribution < -0.4 is 15.6 Å². The number of aromatic amines is 1. The first-order chi connectivity index (χ1) is 14.1. The zero-order valence-corrected chi connectivity index (χ0v) is 16.4. The molecule has 3 aromatic rings. The van der Waals surface area contributed by atoms with Gasteiger partial charge >= 0.3 is 0 Å². The third kappa shape index (κ3) is 4.12. The van der Waals surface area contributed by atoms with Crippen LogP contribution in [-0.2, 0) is 13.0 Å². The van der Waals surface area contributed by atoms with Crippen molar-refractivity contribution in [3.63, 3.8) is 0 Å². The van der Waals surface area contributed by atoms with Crippen LogP contribution in [0.5, 0.6) is 5.75 Å². The van der Waals surface area contributed by atoms with E-state index in [1.165, 1.54) is 0 Å². The number of hydrogen-bond acceptors (Lipinski definition) is 6. The van der Waals surface area contributed by atoms with Crippen molar-refractivity contribution < 1.29 is 9.53 Å². The summed E-state index contributed by atoms with van der Waals surface area (Å²) in [6.45, 7) is 4.29. The number of likely N-dealkylation sites (tertiary alicyclic amines) is 1. The average Bonchev–Trinajstić information content (AvgIpc) is 2.71. The largest absolute Gasteiger partial charge is 0.486 e. The Labute approximate surface area is 167 Å². The molecule has 2 N–H and O–H groups in total. The van der Waals surface area contributed by atoms with Gasteiger partial charge in [0.15, 0.2) is 0 Å². The number of H-pyrrole nitrogens is 1. The van der Waals surface area contributed by atoms with E-state index in [0.29, 0.717) is 17.9 Å². The highest BCUT2D eigenvalue weighted by Gasteiger charge is 2.28. The number of aryl methyl sites for hydroxylation is 1. The average molecular weight is 393 g/mol. The maximum Gasteiger partial charge on any atom is 0.269 e. The first-order valence-electron chi connectivity index (χ1n) is 9.63. The normalized spacial score (nSPS) is 14.6. The van der Waals surface area contributed by atoms with E-state index in [9.17, 15) is 9.59 Å². The van der Waals surface area contributed by atoms with E-state index in [4.69, 9.17) is 4.74 Å². The predicted molar refractivity (Wildman–Crippen MR) is 109 cm³/mol. The van der Waals surface area contributed by atoms with Crippen molar-refractivity contribution in [2.24, 2.45) is 0 Å². The second-order valence-electron chi connectivity index (χ2n) is 7.15. The number of rotatable bonds is 6. The number of nitrogens with zero attached hydrogens (tertiary/aromatic N) is 3. The fourth-order valence-corrected chi connectivity index (χ4v) is 3.41. The van der Waals surface area contributed by atoms with Gasteiger partial charge in [0.1, 0.15) is 17.5 Å². The molecule has 1 amide bonds. The first kappa shape index (κ1) is 19.1. The lowest BCUT2D eigenvalue weighted by molar-refractivity contribution is 0.0143. The van der Waals surface area contributed by atoms with Crippen molar-refractivity contribution in [1.82, 2.24) is 25.2 Å². The van der Waals surface area contributed by atoms with Gasteiger partial charge in [-0.2, -0.15) is 0 Å². The number of nitrogens with one attached hydrogen (secondary N) is 2. The molecule has 1 aliphatic heterocycles. The van der Waals surface area contributed by atoms with E-state index >= 15 is 0 Å². The van der Waals surface area contributed by atoms with E-state index in [2.05, 4.69) is 25.2 Å². The van der Waals surface area contributed by atoms with Crippen LogP contribution in [0.25, 0.3) is 11.0 Å². The van der Waals surface area contributed by atoms with Crippen molar-refractivity contribution in [3.8, 4) is 5.75 Å². The van der Waals surface area contributed by atoms with Crippen molar-refractivity contribution in [3.05, 3.63) is 63.8 Å². The molecular formula is C21H23N5O3. The standard InChI is InChI=1S/C21H23N5O3/c1-3-14-7-18-19(25-20(14)27)6-13(8-23-18)10-26-11-16(12-26)29-15-4-5-17(24-9-15)21(28)22-2/h4-9,16H,3,10-12H2,1-2H3,(H,22,28)(H,25,27). The van der Waals surface area contributed by atoms with Crippen LogP contribution in [-0.4, -0.2) is 52.0 Å². The van der Waals surface area contributed by atoms with Gasteiger partial charge in [-0.3, -0.25) is 19.5 Å². The third-order valence-corrected chi connectivity index (χ3v) is 5.04. The SMILES string of the molecule is CCc1cc2ncc(CN3CC(Oc4ccc(C(=O)NC)nc4)C3)cc2[nH]c1=O. The van der Waals surface area contributed by atoms with Gasteiger partial charge in [-0.15, -0.1) is 0 Å². The zero-order valence-electron chi connectivity index (χ0n) is 16.4. The lowest BCUT2D eigenvalue weighted by atomic mass is 10.1.